The van der Waals surface area contributed by atoms with Gasteiger partial charge in [-0.15, -0.1) is 6.42 Å². The Kier molecular flexibility index (Phi) is 5.53. The average Bonchev–Trinajstić information content (AvgIpc) is 3.35. The maximum atomic E-state index is 15.1. The number of pyridine rings is 1. The summed E-state index contributed by atoms with van der Waals surface area (Å²) >= 11 is 0.638. The van der Waals surface area contributed by atoms with E-state index in [1.54, 1.807) is 6.07 Å². The Morgan fingerprint density at radius 2 is 2.11 bits per heavy atom. The molecule has 186 valence electrons. The molecule has 0 bridgehead atoms. The lowest BCUT2D eigenvalue weighted by Crippen LogP contribution is -2.40. The molecule has 1 saturated carbocycles. The number of aliphatic imine (C=N–C) groups is 1. The van der Waals surface area contributed by atoms with Gasteiger partial charge in [-0.25, -0.2) is 28.1 Å². The molecule has 0 saturated heterocycles. The van der Waals surface area contributed by atoms with E-state index in [0.29, 0.717) is 34.3 Å². The SMILES string of the molecule is C#CCOc1cnc2c(Nc3ccc(F)c([C@@]4(C)N=C(N)S[C@]5([C@H](C)O)[C@H]4C5(F)F)c3)nccc2n1. The number of benzene rings is 1. The number of rotatable bonds is 6. The number of nitrogens with two attached hydrogens (primary N) is 1. The van der Waals surface area contributed by atoms with Crippen molar-refractivity contribution < 1.29 is 23.0 Å². The summed E-state index contributed by atoms with van der Waals surface area (Å²) in [5.41, 5.74) is 5.35. The third-order valence-electron chi connectivity index (χ3n) is 6.54. The van der Waals surface area contributed by atoms with Gasteiger partial charge in [0.1, 0.15) is 16.1 Å². The van der Waals surface area contributed by atoms with Crippen LogP contribution in [0.1, 0.15) is 19.4 Å². The minimum Gasteiger partial charge on any atom is -0.463 e. The predicted molar refractivity (Wildman–Crippen MR) is 131 cm³/mol. The van der Waals surface area contributed by atoms with Crippen LogP contribution in [0, 0.1) is 24.1 Å². The molecule has 36 heavy (non-hydrogen) atoms. The van der Waals surface area contributed by atoms with Gasteiger partial charge in [-0.05, 0) is 38.1 Å². The van der Waals surface area contributed by atoms with Gasteiger partial charge in [-0.1, -0.05) is 17.7 Å². The van der Waals surface area contributed by atoms with Crippen LogP contribution in [-0.4, -0.2) is 48.6 Å². The standard InChI is InChI=1S/C24H21F3N6O2S/c1-4-9-35-17-11-30-18-16(32-17)7-8-29-19(18)31-13-5-6-15(25)14(10-13)22(3)20-23(12(2)34,24(20,26)27)36-21(28)33-22/h1,5-8,10-12,20,34H,9H2,2-3H3,(H2,28,33)(H,29,31)/t12-,20-,22+,23+/m0/s1. The van der Waals surface area contributed by atoms with Crippen LogP contribution in [0.4, 0.5) is 24.7 Å². The van der Waals surface area contributed by atoms with Crippen molar-refractivity contribution in [1.29, 1.82) is 0 Å². The maximum absolute atomic E-state index is 15.1. The van der Waals surface area contributed by atoms with Crippen LogP contribution < -0.4 is 15.8 Å². The van der Waals surface area contributed by atoms with E-state index >= 15 is 13.2 Å². The molecule has 12 heteroatoms. The predicted octanol–water partition coefficient (Wildman–Crippen LogP) is 3.58. The molecule has 0 radical (unpaired) electrons. The number of ether oxygens (including phenoxy) is 1. The first-order valence-corrected chi connectivity index (χ1v) is 11.7. The number of nitrogens with zero attached hydrogens (tertiary/aromatic N) is 4. The number of amidine groups is 1. The monoisotopic (exact) mass is 514 g/mol. The highest BCUT2D eigenvalue weighted by Gasteiger charge is 2.89. The molecule has 0 amide bonds. The van der Waals surface area contributed by atoms with Crippen molar-refractivity contribution in [3.8, 4) is 18.2 Å². The van der Waals surface area contributed by atoms with Gasteiger partial charge in [0.25, 0.3) is 5.92 Å². The molecular weight excluding hydrogens is 493 g/mol. The molecule has 4 atom stereocenters. The van der Waals surface area contributed by atoms with Gasteiger partial charge in [0, 0.05) is 17.4 Å². The molecule has 2 aromatic heterocycles. The lowest BCUT2D eigenvalue weighted by atomic mass is 9.84. The molecule has 8 nitrogen and oxygen atoms in total. The zero-order valence-corrected chi connectivity index (χ0v) is 20.0. The molecule has 3 aromatic rings. The molecule has 4 N–H and O–H groups in total. The Balaban J connectivity index is 1.53. The summed E-state index contributed by atoms with van der Waals surface area (Å²) in [6.07, 6.45) is 6.70. The third-order valence-corrected chi connectivity index (χ3v) is 8.03. The number of alkyl halides is 2. The van der Waals surface area contributed by atoms with Gasteiger partial charge >= 0.3 is 0 Å². The molecule has 1 fully saturated rings. The van der Waals surface area contributed by atoms with Crippen molar-refractivity contribution >= 4 is 39.5 Å². The summed E-state index contributed by atoms with van der Waals surface area (Å²) in [6.45, 7) is 2.73. The smallest absolute Gasteiger partial charge is 0.273 e. The van der Waals surface area contributed by atoms with Crippen molar-refractivity contribution in [2.75, 3.05) is 11.9 Å². The lowest BCUT2D eigenvalue weighted by molar-refractivity contribution is 0.0559. The minimum atomic E-state index is -3.31. The molecule has 5 rings (SSSR count). The first-order valence-electron chi connectivity index (χ1n) is 10.9. The van der Waals surface area contributed by atoms with Gasteiger partial charge in [0.05, 0.1) is 29.3 Å². The van der Waals surface area contributed by atoms with Crippen LogP contribution in [0.2, 0.25) is 0 Å². The number of hydrogen-bond donors (Lipinski definition) is 3. The van der Waals surface area contributed by atoms with Crippen LogP contribution in [0.3, 0.4) is 0 Å². The van der Waals surface area contributed by atoms with Gasteiger partial charge in [-0.2, -0.15) is 0 Å². The van der Waals surface area contributed by atoms with E-state index in [9.17, 15) is 5.11 Å². The summed E-state index contributed by atoms with van der Waals surface area (Å²) in [4.78, 5) is 17.2. The first-order chi connectivity index (χ1) is 17.0. The topological polar surface area (TPSA) is 119 Å². The fourth-order valence-electron chi connectivity index (χ4n) is 4.94. The van der Waals surface area contributed by atoms with E-state index in [2.05, 4.69) is 31.2 Å². The van der Waals surface area contributed by atoms with E-state index < -0.39 is 34.0 Å². The van der Waals surface area contributed by atoms with E-state index in [1.807, 2.05) is 0 Å². The highest BCUT2D eigenvalue weighted by molar-refractivity contribution is 8.15. The van der Waals surface area contributed by atoms with Crippen LogP contribution in [0.5, 0.6) is 5.88 Å². The molecular formula is C24H21F3N6O2S. The van der Waals surface area contributed by atoms with Crippen molar-refractivity contribution in [3.63, 3.8) is 0 Å². The van der Waals surface area contributed by atoms with Crippen LogP contribution in [0.15, 0.2) is 41.7 Å². The minimum absolute atomic E-state index is 0.0371. The number of fused-ring (bicyclic) bond motifs is 2. The van der Waals surface area contributed by atoms with E-state index in [0.717, 1.165) is 6.07 Å². The second kappa shape index (κ2) is 8.25. The second-order valence-electron chi connectivity index (χ2n) is 8.77. The summed E-state index contributed by atoms with van der Waals surface area (Å²) in [5, 5.41) is 13.2. The maximum Gasteiger partial charge on any atom is 0.273 e. The summed E-state index contributed by atoms with van der Waals surface area (Å²) in [7, 11) is 0. The van der Waals surface area contributed by atoms with Crippen LogP contribution in [-0.2, 0) is 5.54 Å². The molecule has 1 aliphatic carbocycles. The van der Waals surface area contributed by atoms with Gasteiger partial charge < -0.3 is 20.9 Å². The fourth-order valence-corrected chi connectivity index (χ4v) is 6.38. The number of aliphatic hydroxyl groups is 1. The molecule has 1 aromatic carbocycles. The van der Waals surface area contributed by atoms with Crippen molar-refractivity contribution in [1.82, 2.24) is 15.0 Å². The van der Waals surface area contributed by atoms with Crippen LogP contribution >= 0.6 is 11.8 Å². The number of thioether (sulfide) groups is 1. The zero-order valence-electron chi connectivity index (χ0n) is 19.2. The number of aromatic nitrogens is 3. The van der Waals surface area contributed by atoms with E-state index in [1.165, 1.54) is 38.4 Å². The Bertz CT molecular complexity index is 1450. The van der Waals surface area contributed by atoms with Gasteiger partial charge in [0.15, 0.2) is 17.6 Å². The number of terminal acetylenes is 1. The summed E-state index contributed by atoms with van der Waals surface area (Å²) in [6, 6.07) is 5.62. The highest BCUT2D eigenvalue weighted by atomic mass is 32.2. The average molecular weight is 515 g/mol. The summed E-state index contributed by atoms with van der Waals surface area (Å²) < 4.78 is 48.8. The molecule has 0 unspecified atom stereocenters. The third kappa shape index (κ3) is 3.45. The van der Waals surface area contributed by atoms with Gasteiger partial charge in [0.2, 0.25) is 5.88 Å². The highest BCUT2D eigenvalue weighted by Crippen LogP contribution is 2.75. The van der Waals surface area contributed by atoms with Crippen molar-refractivity contribution in [2.45, 2.75) is 36.2 Å². The number of halogens is 3. The number of hydrogen-bond acceptors (Lipinski definition) is 9. The Morgan fingerprint density at radius 1 is 1.33 bits per heavy atom. The largest absolute Gasteiger partial charge is 0.463 e. The molecule has 0 spiro atoms. The fraction of sp³-hybridized carbons (Fsp3) is 0.333. The van der Waals surface area contributed by atoms with Crippen LogP contribution in [0.25, 0.3) is 11.0 Å². The second-order valence-corrected chi connectivity index (χ2v) is 10.1. The normalized spacial score (nSPS) is 26.9. The Hall–Kier alpha value is -3.56. The zero-order chi connectivity index (χ0) is 25.9. The number of nitrogens with one attached hydrogen (secondary N) is 1. The lowest BCUT2D eigenvalue weighted by Gasteiger charge is -2.33. The van der Waals surface area contributed by atoms with Crippen molar-refractivity contribution in [2.24, 2.45) is 16.6 Å². The number of anilines is 2. The molecule has 3 heterocycles. The summed E-state index contributed by atoms with van der Waals surface area (Å²) in [5.74, 6) is -2.60. The van der Waals surface area contributed by atoms with E-state index in [-0.39, 0.29) is 23.2 Å². The Labute approximate surface area is 208 Å². The molecule has 1 aliphatic heterocycles. The van der Waals surface area contributed by atoms with Gasteiger partial charge in [-0.3, -0.25) is 4.99 Å². The molecule has 2 aliphatic rings. The quantitative estimate of drug-likeness (QED) is 0.427. The van der Waals surface area contributed by atoms with Crippen molar-refractivity contribution in [3.05, 3.63) is 48.0 Å². The number of aliphatic hydroxyl groups excluding tert-OH is 1. The first kappa shape index (κ1) is 24.1. The Morgan fingerprint density at radius 3 is 2.83 bits per heavy atom. The van der Waals surface area contributed by atoms with E-state index in [4.69, 9.17) is 16.9 Å².